The molecule has 19 heavy (non-hydrogen) atoms. The Labute approximate surface area is 118 Å². The van der Waals surface area contributed by atoms with Gasteiger partial charge in [-0.05, 0) is 40.5 Å². The summed E-state index contributed by atoms with van der Waals surface area (Å²) in [6.45, 7) is 1.65. The van der Waals surface area contributed by atoms with Crippen LogP contribution in [0.4, 0.5) is 10.1 Å². The van der Waals surface area contributed by atoms with Crippen molar-refractivity contribution >= 4 is 37.5 Å². The van der Waals surface area contributed by atoms with Gasteiger partial charge in [0.1, 0.15) is 11.1 Å². The molecule has 1 unspecified atom stereocenters. The highest BCUT2D eigenvalue weighted by Gasteiger charge is 2.37. The van der Waals surface area contributed by atoms with E-state index in [1.165, 1.54) is 17.0 Å². The van der Waals surface area contributed by atoms with Crippen LogP contribution in [0.25, 0.3) is 0 Å². The summed E-state index contributed by atoms with van der Waals surface area (Å²) in [5.41, 5.74) is 1.05. The number of hydrogen-bond donors (Lipinski definition) is 1. The second-order valence-electron chi connectivity index (χ2n) is 4.47. The minimum absolute atomic E-state index is 0.00339. The fraction of sp³-hybridized carbons (Fsp3) is 0.364. The minimum Gasteiger partial charge on any atom is -0.311 e. The first-order valence-electron chi connectivity index (χ1n) is 5.48. The summed E-state index contributed by atoms with van der Waals surface area (Å²) in [7, 11) is -3.76. The maximum absolute atomic E-state index is 13.3. The summed E-state index contributed by atoms with van der Waals surface area (Å²) in [6.07, 6.45) is -0.146. The molecule has 2 N–H and O–H groups in total. The molecule has 8 heteroatoms. The predicted molar refractivity (Wildman–Crippen MR) is 72.7 cm³/mol. The van der Waals surface area contributed by atoms with E-state index < -0.39 is 21.1 Å². The van der Waals surface area contributed by atoms with E-state index in [1.54, 1.807) is 6.92 Å². The maximum Gasteiger partial charge on any atom is 0.228 e. The predicted octanol–water partition coefficient (Wildman–Crippen LogP) is 1.29. The van der Waals surface area contributed by atoms with E-state index in [9.17, 15) is 17.6 Å². The highest BCUT2D eigenvalue weighted by atomic mass is 79.9. The van der Waals surface area contributed by atoms with Crippen LogP contribution in [0.2, 0.25) is 0 Å². The molecule has 1 aromatic rings. The third kappa shape index (κ3) is 2.80. The van der Waals surface area contributed by atoms with Gasteiger partial charge in [-0.1, -0.05) is 0 Å². The fourth-order valence-electron chi connectivity index (χ4n) is 2.05. The van der Waals surface area contributed by atoms with Crippen molar-refractivity contribution in [1.29, 1.82) is 0 Å². The lowest BCUT2D eigenvalue weighted by atomic mass is 10.2. The number of primary sulfonamides is 1. The van der Waals surface area contributed by atoms with E-state index in [-0.39, 0.29) is 23.3 Å². The average molecular weight is 351 g/mol. The largest absolute Gasteiger partial charge is 0.311 e. The second kappa shape index (κ2) is 4.84. The van der Waals surface area contributed by atoms with E-state index in [0.717, 1.165) is 0 Å². The van der Waals surface area contributed by atoms with Crippen LogP contribution in [0.15, 0.2) is 16.6 Å². The van der Waals surface area contributed by atoms with Crippen LogP contribution in [0.5, 0.6) is 0 Å². The SMILES string of the molecule is Cc1cc(F)c(Br)cc1N1CC(S(N)(=O)=O)CC1=O. The van der Waals surface area contributed by atoms with Crippen LogP contribution < -0.4 is 10.0 Å². The summed E-state index contributed by atoms with van der Waals surface area (Å²) in [5, 5.41) is 4.15. The molecule has 0 aromatic heterocycles. The molecule has 1 fully saturated rings. The zero-order chi connectivity index (χ0) is 14.4. The van der Waals surface area contributed by atoms with Gasteiger partial charge in [-0.2, -0.15) is 0 Å². The fourth-order valence-corrected chi connectivity index (χ4v) is 3.12. The van der Waals surface area contributed by atoms with Gasteiger partial charge in [0, 0.05) is 18.7 Å². The molecule has 104 valence electrons. The minimum atomic E-state index is -3.76. The summed E-state index contributed by atoms with van der Waals surface area (Å²) in [5.74, 6) is -0.767. The lowest BCUT2D eigenvalue weighted by molar-refractivity contribution is -0.117. The van der Waals surface area contributed by atoms with Gasteiger partial charge in [0.25, 0.3) is 0 Å². The third-order valence-corrected chi connectivity index (χ3v) is 4.94. The lowest BCUT2D eigenvalue weighted by Gasteiger charge is -2.19. The van der Waals surface area contributed by atoms with Gasteiger partial charge in [0.2, 0.25) is 15.9 Å². The summed E-state index contributed by atoms with van der Waals surface area (Å²) in [4.78, 5) is 13.2. The van der Waals surface area contributed by atoms with E-state index >= 15 is 0 Å². The van der Waals surface area contributed by atoms with Gasteiger partial charge in [0.05, 0.1) is 4.47 Å². The highest BCUT2D eigenvalue weighted by Crippen LogP contribution is 2.31. The number of halogens is 2. The quantitative estimate of drug-likeness (QED) is 0.872. The monoisotopic (exact) mass is 350 g/mol. The smallest absolute Gasteiger partial charge is 0.228 e. The molecule has 2 rings (SSSR count). The van der Waals surface area contributed by atoms with Crippen molar-refractivity contribution in [1.82, 2.24) is 0 Å². The molecule has 0 spiro atoms. The molecule has 1 amide bonds. The summed E-state index contributed by atoms with van der Waals surface area (Å²) < 4.78 is 36.1. The van der Waals surface area contributed by atoms with Crippen LogP contribution in [0, 0.1) is 12.7 Å². The number of carbonyl (C=O) groups excluding carboxylic acids is 1. The first-order valence-corrected chi connectivity index (χ1v) is 7.88. The molecule has 0 aliphatic carbocycles. The normalized spacial score (nSPS) is 20.1. The van der Waals surface area contributed by atoms with Gasteiger partial charge >= 0.3 is 0 Å². The van der Waals surface area contributed by atoms with Crippen LogP contribution in [-0.2, 0) is 14.8 Å². The van der Waals surface area contributed by atoms with Gasteiger partial charge < -0.3 is 4.90 Å². The molecule has 1 heterocycles. The number of amides is 1. The van der Waals surface area contributed by atoms with Gasteiger partial charge in [0.15, 0.2) is 0 Å². The number of nitrogens with two attached hydrogens (primary N) is 1. The van der Waals surface area contributed by atoms with E-state index in [0.29, 0.717) is 11.3 Å². The number of sulfonamides is 1. The molecule has 0 saturated carbocycles. The topological polar surface area (TPSA) is 80.5 Å². The molecular formula is C11H12BrFN2O3S. The van der Waals surface area contributed by atoms with Gasteiger partial charge in [-0.15, -0.1) is 0 Å². The zero-order valence-corrected chi connectivity index (χ0v) is 12.5. The average Bonchev–Trinajstić information content (AvgIpc) is 2.65. The van der Waals surface area contributed by atoms with E-state index in [4.69, 9.17) is 5.14 Å². The van der Waals surface area contributed by atoms with Crippen LogP contribution in [-0.4, -0.2) is 26.1 Å². The Morgan fingerprint density at radius 1 is 1.47 bits per heavy atom. The highest BCUT2D eigenvalue weighted by molar-refractivity contribution is 9.10. The summed E-state index contributed by atoms with van der Waals surface area (Å²) >= 11 is 3.05. The number of aryl methyl sites for hydroxylation is 1. The lowest BCUT2D eigenvalue weighted by Crippen LogP contribution is -2.32. The van der Waals surface area contributed by atoms with Gasteiger partial charge in [-0.25, -0.2) is 17.9 Å². The Morgan fingerprint density at radius 3 is 2.63 bits per heavy atom. The standard InChI is InChI=1S/C11H12BrFN2O3S/c1-6-2-9(13)8(12)4-10(6)15-5-7(3-11(15)16)19(14,17)18/h2,4,7H,3,5H2,1H3,(H2,14,17,18). The molecule has 0 bridgehead atoms. The Hall–Kier alpha value is -0.990. The van der Waals surface area contributed by atoms with Crippen molar-refractivity contribution in [3.63, 3.8) is 0 Å². The van der Waals surface area contributed by atoms with Crippen LogP contribution in [0.3, 0.4) is 0 Å². The van der Waals surface area contributed by atoms with E-state index in [2.05, 4.69) is 15.9 Å². The molecule has 1 atom stereocenters. The maximum atomic E-state index is 13.3. The molecular weight excluding hydrogens is 339 g/mol. The van der Waals surface area contributed by atoms with Crippen molar-refractivity contribution < 1.29 is 17.6 Å². The molecule has 1 aliphatic heterocycles. The molecule has 1 aliphatic rings. The Bertz CT molecular complexity index is 648. The van der Waals surface area contributed by atoms with Crippen LogP contribution in [0.1, 0.15) is 12.0 Å². The number of rotatable bonds is 2. The second-order valence-corrected chi connectivity index (χ2v) is 7.17. The van der Waals surface area contributed by atoms with Gasteiger partial charge in [-0.3, -0.25) is 4.79 Å². The van der Waals surface area contributed by atoms with E-state index in [1.807, 2.05) is 0 Å². The third-order valence-electron chi connectivity index (χ3n) is 3.08. The number of anilines is 1. The number of nitrogens with zero attached hydrogens (tertiary/aromatic N) is 1. The zero-order valence-electron chi connectivity index (χ0n) is 10.1. The molecule has 1 aromatic carbocycles. The first kappa shape index (κ1) is 14.4. The number of benzene rings is 1. The molecule has 5 nitrogen and oxygen atoms in total. The molecule has 0 radical (unpaired) electrons. The first-order chi connectivity index (χ1) is 8.70. The van der Waals surface area contributed by atoms with Crippen molar-refractivity contribution in [2.24, 2.45) is 5.14 Å². The Kier molecular flexibility index (Phi) is 3.67. The van der Waals surface area contributed by atoms with Crippen LogP contribution >= 0.6 is 15.9 Å². The number of hydrogen-bond acceptors (Lipinski definition) is 3. The van der Waals surface area contributed by atoms with Crippen molar-refractivity contribution in [2.45, 2.75) is 18.6 Å². The van der Waals surface area contributed by atoms with Crippen molar-refractivity contribution in [3.8, 4) is 0 Å². The molecule has 1 saturated heterocycles. The number of carbonyl (C=O) groups is 1. The Morgan fingerprint density at radius 2 is 2.11 bits per heavy atom. The van der Waals surface area contributed by atoms with Crippen molar-refractivity contribution in [3.05, 3.63) is 28.0 Å². The van der Waals surface area contributed by atoms with Crippen molar-refractivity contribution in [2.75, 3.05) is 11.4 Å². The Balaban J connectivity index is 2.39. The summed E-state index contributed by atoms with van der Waals surface area (Å²) in [6, 6.07) is 2.76.